The Kier molecular flexibility index (Phi) is 3.91. The van der Waals surface area contributed by atoms with Gasteiger partial charge in [-0.1, -0.05) is 4.89 Å². The summed E-state index contributed by atoms with van der Waals surface area (Å²) in [5.74, 6) is -0.519. The van der Waals surface area contributed by atoms with Crippen molar-refractivity contribution in [3.63, 3.8) is 0 Å². The maximum atomic E-state index is 11.8. The first kappa shape index (κ1) is 13.7. The van der Waals surface area contributed by atoms with Crippen LogP contribution in [0.15, 0.2) is 9.31 Å². The van der Waals surface area contributed by atoms with Crippen LogP contribution in [0.25, 0.3) is 0 Å². The first-order chi connectivity index (χ1) is 7.85. The second-order valence-electron chi connectivity index (χ2n) is 3.20. The van der Waals surface area contributed by atoms with Gasteiger partial charge in [-0.05, 0) is 13.8 Å². The minimum Gasteiger partial charge on any atom is -0.465 e. The minimum atomic E-state index is -3.97. The van der Waals surface area contributed by atoms with Crippen molar-refractivity contribution < 1.29 is 27.2 Å². The van der Waals surface area contributed by atoms with Gasteiger partial charge in [0.15, 0.2) is 0 Å². The molecule has 7 nitrogen and oxygen atoms in total. The lowest BCUT2D eigenvalue weighted by molar-refractivity contribution is 0.0594. The van der Waals surface area contributed by atoms with Gasteiger partial charge in [-0.3, -0.25) is 4.84 Å². The Hall–Kier alpha value is -1.38. The van der Waals surface area contributed by atoms with Gasteiger partial charge < -0.3 is 9.15 Å². The standard InChI is InChI=1S/C9H13NO6S/c1-5-7(9(11)14-3)8(6(2)16-5)17(12,13)10-15-4/h10H,1-4H3. The summed E-state index contributed by atoms with van der Waals surface area (Å²) in [6.45, 7) is 2.91. The summed E-state index contributed by atoms with van der Waals surface area (Å²) in [5.41, 5.74) is -0.130. The van der Waals surface area contributed by atoms with Crippen molar-refractivity contribution >= 4 is 16.0 Å². The zero-order valence-corrected chi connectivity index (χ0v) is 10.7. The highest BCUT2D eigenvalue weighted by Gasteiger charge is 2.31. The summed E-state index contributed by atoms with van der Waals surface area (Å²) in [6.07, 6.45) is 0. The van der Waals surface area contributed by atoms with E-state index in [9.17, 15) is 13.2 Å². The van der Waals surface area contributed by atoms with Gasteiger partial charge in [0.1, 0.15) is 22.0 Å². The van der Waals surface area contributed by atoms with Crippen molar-refractivity contribution in [2.45, 2.75) is 18.7 Å². The number of furan rings is 1. The van der Waals surface area contributed by atoms with Crippen LogP contribution in [0.1, 0.15) is 21.9 Å². The van der Waals surface area contributed by atoms with Crippen LogP contribution in [0.4, 0.5) is 0 Å². The quantitative estimate of drug-likeness (QED) is 0.628. The molecular weight excluding hydrogens is 250 g/mol. The van der Waals surface area contributed by atoms with E-state index < -0.39 is 16.0 Å². The molecular formula is C9H13NO6S. The molecule has 0 unspecified atom stereocenters. The normalized spacial score (nSPS) is 11.5. The molecule has 1 aromatic heterocycles. The van der Waals surface area contributed by atoms with Crippen molar-refractivity contribution in [1.82, 2.24) is 4.89 Å². The van der Waals surface area contributed by atoms with Gasteiger partial charge in [-0.2, -0.15) is 0 Å². The molecule has 0 atom stereocenters. The highest BCUT2D eigenvalue weighted by Crippen LogP contribution is 2.26. The van der Waals surface area contributed by atoms with Gasteiger partial charge in [0.05, 0.1) is 14.2 Å². The summed E-state index contributed by atoms with van der Waals surface area (Å²) in [5, 5.41) is 0. The van der Waals surface area contributed by atoms with E-state index >= 15 is 0 Å². The van der Waals surface area contributed by atoms with E-state index in [-0.39, 0.29) is 22.0 Å². The Morgan fingerprint density at radius 3 is 2.29 bits per heavy atom. The van der Waals surface area contributed by atoms with E-state index in [0.29, 0.717) is 0 Å². The molecule has 1 aromatic rings. The van der Waals surface area contributed by atoms with Crippen LogP contribution in [0, 0.1) is 13.8 Å². The van der Waals surface area contributed by atoms with Crippen LogP contribution in [0.2, 0.25) is 0 Å². The Morgan fingerprint density at radius 1 is 1.24 bits per heavy atom. The predicted octanol–water partition coefficient (Wildman–Crippen LogP) is 0.523. The van der Waals surface area contributed by atoms with Crippen LogP contribution in [-0.4, -0.2) is 28.6 Å². The molecule has 0 spiro atoms. The number of aryl methyl sites for hydroxylation is 2. The molecule has 0 saturated carbocycles. The lowest BCUT2D eigenvalue weighted by Crippen LogP contribution is -2.24. The van der Waals surface area contributed by atoms with Crippen molar-refractivity contribution in [1.29, 1.82) is 0 Å². The Bertz CT molecular complexity index is 530. The molecule has 1 N–H and O–H groups in total. The molecule has 0 aliphatic carbocycles. The summed E-state index contributed by atoms with van der Waals surface area (Å²) in [6, 6.07) is 0. The average Bonchev–Trinajstić information content (AvgIpc) is 2.53. The fourth-order valence-corrected chi connectivity index (χ4v) is 2.70. The Balaban J connectivity index is 3.48. The van der Waals surface area contributed by atoms with Crippen LogP contribution in [0.3, 0.4) is 0 Å². The van der Waals surface area contributed by atoms with E-state index in [1.54, 1.807) is 0 Å². The minimum absolute atomic E-state index is 0.0902. The highest BCUT2D eigenvalue weighted by molar-refractivity contribution is 7.89. The molecule has 0 bridgehead atoms. The van der Waals surface area contributed by atoms with Crippen LogP contribution < -0.4 is 4.89 Å². The lowest BCUT2D eigenvalue weighted by atomic mass is 10.2. The summed E-state index contributed by atoms with van der Waals surface area (Å²) >= 11 is 0. The molecule has 0 saturated heterocycles. The summed E-state index contributed by atoms with van der Waals surface area (Å²) in [4.78, 5) is 17.4. The molecule has 0 amide bonds. The molecule has 96 valence electrons. The molecule has 17 heavy (non-hydrogen) atoms. The van der Waals surface area contributed by atoms with Crippen LogP contribution in [-0.2, 0) is 19.6 Å². The van der Waals surface area contributed by atoms with Gasteiger partial charge in [-0.25, -0.2) is 13.2 Å². The molecule has 0 aromatic carbocycles. The molecule has 0 aliphatic heterocycles. The monoisotopic (exact) mass is 263 g/mol. The van der Waals surface area contributed by atoms with Crippen molar-refractivity contribution in [3.05, 3.63) is 17.1 Å². The highest BCUT2D eigenvalue weighted by atomic mass is 32.2. The van der Waals surface area contributed by atoms with Gasteiger partial charge >= 0.3 is 5.97 Å². The molecule has 8 heteroatoms. The van der Waals surface area contributed by atoms with E-state index in [1.165, 1.54) is 13.8 Å². The SMILES string of the molecule is CONS(=O)(=O)c1c(C)oc(C)c1C(=O)OC. The Labute approximate surface area is 98.7 Å². The van der Waals surface area contributed by atoms with Crippen LogP contribution >= 0.6 is 0 Å². The molecule has 1 heterocycles. The number of esters is 1. The van der Waals surface area contributed by atoms with Crippen molar-refractivity contribution in [2.75, 3.05) is 14.2 Å². The number of nitrogens with one attached hydrogen (secondary N) is 1. The summed E-state index contributed by atoms with van der Waals surface area (Å²) < 4.78 is 33.2. The third-order valence-electron chi connectivity index (χ3n) is 2.06. The average molecular weight is 263 g/mol. The fraction of sp³-hybridized carbons (Fsp3) is 0.444. The van der Waals surface area contributed by atoms with Gasteiger partial charge in [0.2, 0.25) is 0 Å². The van der Waals surface area contributed by atoms with Crippen LogP contribution in [0.5, 0.6) is 0 Å². The van der Waals surface area contributed by atoms with E-state index in [2.05, 4.69) is 9.57 Å². The zero-order valence-electron chi connectivity index (χ0n) is 9.86. The molecule has 1 rings (SSSR count). The zero-order chi connectivity index (χ0) is 13.2. The van der Waals surface area contributed by atoms with Gasteiger partial charge in [0.25, 0.3) is 10.0 Å². The second kappa shape index (κ2) is 4.86. The van der Waals surface area contributed by atoms with E-state index in [4.69, 9.17) is 4.42 Å². The number of carbonyl (C=O) groups is 1. The predicted molar refractivity (Wildman–Crippen MR) is 56.9 cm³/mol. The first-order valence-corrected chi connectivity index (χ1v) is 6.06. The summed E-state index contributed by atoms with van der Waals surface area (Å²) in [7, 11) is -1.67. The number of sulfonamides is 1. The number of hydrogen-bond donors (Lipinski definition) is 1. The third-order valence-corrected chi connectivity index (χ3v) is 3.47. The van der Waals surface area contributed by atoms with Gasteiger partial charge in [-0.15, -0.1) is 0 Å². The van der Waals surface area contributed by atoms with E-state index in [0.717, 1.165) is 14.2 Å². The largest absolute Gasteiger partial charge is 0.465 e. The topological polar surface area (TPSA) is 94.8 Å². The van der Waals surface area contributed by atoms with Crippen molar-refractivity contribution in [3.8, 4) is 0 Å². The van der Waals surface area contributed by atoms with Crippen molar-refractivity contribution in [2.24, 2.45) is 0 Å². The van der Waals surface area contributed by atoms with Gasteiger partial charge in [0, 0.05) is 0 Å². The molecule has 0 radical (unpaired) electrons. The number of rotatable bonds is 4. The smallest absolute Gasteiger partial charge is 0.342 e. The fourth-order valence-electron chi connectivity index (χ4n) is 1.48. The number of ether oxygens (including phenoxy) is 1. The second-order valence-corrected chi connectivity index (χ2v) is 4.78. The maximum absolute atomic E-state index is 11.8. The molecule has 0 aliphatic rings. The third kappa shape index (κ3) is 2.48. The number of carbonyl (C=O) groups excluding carboxylic acids is 1. The Morgan fingerprint density at radius 2 is 1.82 bits per heavy atom. The first-order valence-electron chi connectivity index (χ1n) is 4.58. The lowest BCUT2D eigenvalue weighted by Gasteiger charge is -2.05. The van der Waals surface area contributed by atoms with E-state index in [1.807, 2.05) is 4.89 Å². The maximum Gasteiger partial charge on any atom is 0.342 e. The number of hydrogen-bond acceptors (Lipinski definition) is 6. The molecule has 0 fully saturated rings. The number of methoxy groups -OCH3 is 1.